The van der Waals surface area contributed by atoms with Crippen LogP contribution in [-0.2, 0) is 16.2 Å². The molecule has 2 heterocycles. The molecule has 0 fully saturated rings. The minimum absolute atomic E-state index is 0.159. The molecule has 0 aliphatic heterocycles. The molecule has 2 nitrogen and oxygen atoms in total. The van der Waals surface area contributed by atoms with Gasteiger partial charge in [0.05, 0.1) is 22.1 Å². The Balaban J connectivity index is 0.556. The van der Waals surface area contributed by atoms with Gasteiger partial charge in [-0.2, -0.15) is 0 Å². The third-order valence-corrected chi connectivity index (χ3v) is 22.1. The van der Waals surface area contributed by atoms with Crippen molar-refractivity contribution in [1.82, 2.24) is 9.13 Å². The van der Waals surface area contributed by atoms with Crippen molar-refractivity contribution in [2.45, 2.75) is 57.8 Å². The van der Waals surface area contributed by atoms with E-state index in [1.807, 2.05) is 0 Å². The Morgan fingerprint density at radius 3 is 0.874 bits per heavy atom. The second-order valence-corrected chi connectivity index (χ2v) is 28.5. The van der Waals surface area contributed by atoms with Crippen LogP contribution in [0.1, 0.15) is 97.2 Å². The maximum atomic E-state index is 2.45. The number of hydrogen-bond donors (Lipinski definition) is 0. The summed E-state index contributed by atoms with van der Waals surface area (Å²) in [5.41, 5.74) is 32.8. The van der Waals surface area contributed by atoms with Crippen molar-refractivity contribution in [1.29, 1.82) is 0 Å². The molecule has 0 amide bonds. The van der Waals surface area contributed by atoms with Gasteiger partial charge in [0.15, 0.2) is 0 Å². The van der Waals surface area contributed by atoms with Crippen molar-refractivity contribution in [3.8, 4) is 67.0 Å². The fourth-order valence-corrected chi connectivity index (χ4v) is 16.9. The molecule has 0 bridgehead atoms. The topological polar surface area (TPSA) is 9.86 Å². The summed E-state index contributed by atoms with van der Waals surface area (Å²) >= 11 is 0. The molecule has 2 heteroatoms. The zero-order valence-electron chi connectivity index (χ0n) is 54.3. The lowest BCUT2D eigenvalue weighted by molar-refractivity contribution is 0.660. The summed E-state index contributed by atoms with van der Waals surface area (Å²) in [5, 5.41) is 10.1. The highest BCUT2D eigenvalue weighted by Crippen LogP contribution is 2.54. The molecule has 0 unspecified atom stereocenters. The van der Waals surface area contributed by atoms with Crippen LogP contribution >= 0.6 is 0 Å². The van der Waals surface area contributed by atoms with Crippen LogP contribution in [0.2, 0.25) is 0 Å². The molecule has 0 saturated carbocycles. The first-order valence-corrected chi connectivity index (χ1v) is 33.6. The molecule has 16 aromatic rings. The third kappa shape index (κ3) is 8.43. The first-order valence-electron chi connectivity index (χ1n) is 33.6. The van der Waals surface area contributed by atoms with E-state index in [0.29, 0.717) is 0 Å². The summed E-state index contributed by atoms with van der Waals surface area (Å²) in [6.07, 6.45) is 9.22. The number of rotatable bonds is 8. The van der Waals surface area contributed by atoms with Gasteiger partial charge in [0, 0.05) is 49.2 Å². The maximum Gasteiger partial charge on any atom is 0.0541 e. The van der Waals surface area contributed by atoms with E-state index in [4.69, 9.17) is 0 Å². The monoisotopic (exact) mass is 1210 g/mol. The van der Waals surface area contributed by atoms with Crippen molar-refractivity contribution in [3.05, 3.63) is 335 Å². The van der Waals surface area contributed by atoms with Crippen LogP contribution in [0.4, 0.5) is 0 Å². The highest BCUT2D eigenvalue weighted by atomic mass is 15.0. The van der Waals surface area contributed by atoms with E-state index >= 15 is 0 Å². The Bertz CT molecular complexity index is 5690. The summed E-state index contributed by atoms with van der Waals surface area (Å²) in [4.78, 5) is 0. The van der Waals surface area contributed by atoms with E-state index in [9.17, 15) is 0 Å². The van der Waals surface area contributed by atoms with Crippen molar-refractivity contribution in [2.75, 3.05) is 0 Å². The number of nitrogens with zero attached hydrogens (tertiary/aromatic N) is 2. The highest BCUT2D eigenvalue weighted by Gasteiger charge is 2.39. The first-order chi connectivity index (χ1) is 46.3. The van der Waals surface area contributed by atoms with Crippen molar-refractivity contribution < 1.29 is 0 Å². The Kier molecular flexibility index (Phi) is 11.8. The summed E-state index contributed by atoms with van der Waals surface area (Å²) in [7, 11) is 0. The summed E-state index contributed by atoms with van der Waals surface area (Å²) < 4.78 is 4.85. The second kappa shape index (κ2) is 20.3. The second-order valence-electron chi connectivity index (χ2n) is 28.5. The Morgan fingerprint density at radius 2 is 0.505 bits per heavy atom. The van der Waals surface area contributed by atoms with E-state index in [1.54, 1.807) is 0 Å². The highest BCUT2D eigenvalue weighted by molar-refractivity contribution is 6.12. The van der Waals surface area contributed by atoms with Crippen LogP contribution in [-0.4, -0.2) is 9.13 Å². The molecule has 3 aliphatic rings. The molecule has 2 aromatic heterocycles. The van der Waals surface area contributed by atoms with Crippen LogP contribution < -0.4 is 0 Å². The lowest BCUT2D eigenvalue weighted by atomic mass is 9.81. The van der Waals surface area contributed by atoms with Gasteiger partial charge in [-0.25, -0.2) is 0 Å². The van der Waals surface area contributed by atoms with Gasteiger partial charge >= 0.3 is 0 Å². The van der Waals surface area contributed by atoms with Crippen LogP contribution in [0.5, 0.6) is 0 Å². The Hall–Kier alpha value is -11.3. The van der Waals surface area contributed by atoms with Crippen molar-refractivity contribution in [3.63, 3.8) is 0 Å². The SMILES string of the molecule is CC1(C)c2cc(C=Cc3ccc4c(c3)C(C)(C)c3cc(-c5ccc6c(c5)c5ccccc5n6-c5ccc6ccccc6c5)ccc3-4)ccc2-c2ccc(C=Cc3ccc4c(c3)C(C)(C)c3cc(-c5ccc6c(c5)c5ccccc5n6-c5ccc6ccccc6c5)ccc3-4)cc21. The molecule has 0 radical (unpaired) electrons. The molecule has 0 spiro atoms. The average Bonchev–Trinajstić information content (AvgIpc) is 1.65. The van der Waals surface area contributed by atoms with E-state index in [2.05, 4.69) is 354 Å². The van der Waals surface area contributed by atoms with Gasteiger partial charge in [-0.15, -0.1) is 0 Å². The number of para-hydroxylation sites is 2. The molecule has 450 valence electrons. The van der Waals surface area contributed by atoms with Gasteiger partial charge in [0.2, 0.25) is 0 Å². The van der Waals surface area contributed by atoms with Gasteiger partial charge in [-0.05, 0) is 206 Å². The summed E-state index contributed by atoms with van der Waals surface area (Å²) in [6, 6.07) is 105. The molecule has 14 aromatic carbocycles. The number of fused-ring (bicyclic) bond motifs is 17. The molecular weight excluding hydrogens is 1150 g/mol. The fourth-order valence-electron chi connectivity index (χ4n) is 16.9. The van der Waals surface area contributed by atoms with Gasteiger partial charge in [-0.3, -0.25) is 0 Å². The van der Waals surface area contributed by atoms with Gasteiger partial charge in [0.25, 0.3) is 0 Å². The van der Waals surface area contributed by atoms with Crippen LogP contribution in [0, 0.1) is 0 Å². The fraction of sp³-hybridized carbons (Fsp3) is 0.0968. The molecule has 0 atom stereocenters. The van der Waals surface area contributed by atoms with Gasteiger partial charge in [0.1, 0.15) is 0 Å². The number of benzene rings is 14. The first kappa shape index (κ1) is 55.3. The minimum atomic E-state index is -0.168. The Morgan fingerprint density at radius 1 is 0.221 bits per heavy atom. The quantitative estimate of drug-likeness (QED) is 0.134. The molecule has 3 aliphatic carbocycles. The molecular formula is C93H68N2. The van der Waals surface area contributed by atoms with Gasteiger partial charge < -0.3 is 9.13 Å². The molecule has 19 rings (SSSR count). The Labute approximate surface area is 554 Å². The predicted octanol–water partition coefficient (Wildman–Crippen LogP) is 24.8. The van der Waals surface area contributed by atoms with Crippen LogP contribution in [0.3, 0.4) is 0 Å². The van der Waals surface area contributed by atoms with Crippen LogP contribution in [0.25, 0.3) is 156 Å². The summed E-state index contributed by atoms with van der Waals surface area (Å²) in [6.45, 7) is 14.4. The minimum Gasteiger partial charge on any atom is -0.309 e. The molecule has 95 heavy (non-hydrogen) atoms. The molecule has 0 N–H and O–H groups in total. The zero-order valence-corrected chi connectivity index (χ0v) is 54.3. The van der Waals surface area contributed by atoms with E-state index < -0.39 is 0 Å². The van der Waals surface area contributed by atoms with E-state index in [1.165, 1.54) is 188 Å². The lowest BCUT2D eigenvalue weighted by Gasteiger charge is -2.22. The number of hydrogen-bond acceptors (Lipinski definition) is 0. The van der Waals surface area contributed by atoms with Crippen LogP contribution in [0.15, 0.2) is 279 Å². The third-order valence-electron chi connectivity index (χ3n) is 22.1. The average molecular weight is 1210 g/mol. The number of aromatic nitrogens is 2. The predicted molar refractivity (Wildman–Crippen MR) is 404 cm³/mol. The van der Waals surface area contributed by atoms with Crippen molar-refractivity contribution in [2.24, 2.45) is 0 Å². The smallest absolute Gasteiger partial charge is 0.0541 e. The lowest BCUT2D eigenvalue weighted by Crippen LogP contribution is -2.15. The zero-order chi connectivity index (χ0) is 63.6. The molecule has 0 saturated heterocycles. The van der Waals surface area contributed by atoms with E-state index in [0.717, 1.165) is 0 Å². The maximum absolute atomic E-state index is 2.45. The standard InChI is InChI=1S/C93H68N2/c1-91(2)81-47-57(23-25-59-29-41-73-75-43-33-67(55-85(75)92(3,4)83(73)49-59)65-35-45-89-79(53-65)77-19-11-13-21-87(77)94(89)69-37-31-61-15-7-9-17-63(61)51-69)27-39-71(81)72-40-28-58(48-82(72)91)24-26-60-30-42-74-76-44-34-68(56-86(76)93(5,6)84(74)50-60)66-36-46-90-80(54-66)78-20-12-14-22-88(78)95(90)70-38-32-62-16-8-10-18-64(62)52-70/h7-56H,1-6H3. The van der Waals surface area contributed by atoms with Crippen molar-refractivity contribution >= 4 is 89.5 Å². The van der Waals surface area contributed by atoms with E-state index in [-0.39, 0.29) is 16.2 Å². The summed E-state index contributed by atoms with van der Waals surface area (Å²) in [5.74, 6) is 0. The normalized spacial score (nSPS) is 14.6. The van der Waals surface area contributed by atoms with Gasteiger partial charge in [-0.1, -0.05) is 272 Å². The largest absolute Gasteiger partial charge is 0.309 e.